The van der Waals surface area contributed by atoms with Gasteiger partial charge in [0, 0.05) is 11.8 Å². The van der Waals surface area contributed by atoms with Crippen LogP contribution in [0.15, 0.2) is 4.52 Å². The summed E-state index contributed by atoms with van der Waals surface area (Å²) < 4.78 is 5.18. The Morgan fingerprint density at radius 1 is 1.50 bits per heavy atom. The van der Waals surface area contributed by atoms with Crippen LogP contribution in [0.4, 0.5) is 0 Å². The molecule has 88 valence electrons. The Hall–Kier alpha value is -1.39. The Morgan fingerprint density at radius 3 is 2.75 bits per heavy atom. The van der Waals surface area contributed by atoms with Crippen molar-refractivity contribution in [1.29, 1.82) is 0 Å². The molecular weight excluding hydrogens is 208 g/mol. The van der Waals surface area contributed by atoms with Gasteiger partial charge in [0.05, 0.1) is 5.92 Å². The van der Waals surface area contributed by atoms with E-state index < -0.39 is 5.97 Å². The van der Waals surface area contributed by atoms with Gasteiger partial charge in [-0.3, -0.25) is 4.79 Å². The lowest BCUT2D eigenvalue weighted by atomic mass is 10.1. The van der Waals surface area contributed by atoms with Crippen LogP contribution >= 0.6 is 0 Å². The number of carboxylic acid groups (broad SMARTS) is 1. The largest absolute Gasteiger partial charge is 0.481 e. The van der Waals surface area contributed by atoms with Crippen LogP contribution in [0, 0.1) is 5.92 Å². The Morgan fingerprint density at radius 2 is 2.25 bits per heavy atom. The van der Waals surface area contributed by atoms with E-state index in [4.69, 9.17) is 9.63 Å². The predicted molar refractivity (Wildman–Crippen MR) is 56.1 cm³/mol. The van der Waals surface area contributed by atoms with Gasteiger partial charge in [0.2, 0.25) is 5.89 Å². The molecule has 1 aromatic heterocycles. The zero-order chi connectivity index (χ0) is 11.7. The zero-order valence-electron chi connectivity index (χ0n) is 9.51. The van der Waals surface area contributed by atoms with Crippen LogP contribution in [0.3, 0.4) is 0 Å². The van der Waals surface area contributed by atoms with Gasteiger partial charge >= 0.3 is 5.97 Å². The fraction of sp³-hybridized carbons (Fsp3) is 0.727. The van der Waals surface area contributed by atoms with E-state index in [2.05, 4.69) is 10.1 Å². The van der Waals surface area contributed by atoms with Crippen LogP contribution in [0.2, 0.25) is 0 Å². The molecule has 0 radical (unpaired) electrons. The second kappa shape index (κ2) is 4.23. The van der Waals surface area contributed by atoms with Gasteiger partial charge in [-0.2, -0.15) is 4.98 Å². The number of rotatable bonds is 3. The lowest BCUT2D eigenvalue weighted by Gasteiger charge is -2.02. The van der Waals surface area contributed by atoms with E-state index in [1.165, 1.54) is 0 Å². The first-order valence-electron chi connectivity index (χ1n) is 5.64. The first-order valence-corrected chi connectivity index (χ1v) is 5.64. The van der Waals surface area contributed by atoms with Crippen LogP contribution in [0.5, 0.6) is 0 Å². The normalized spacial score (nSPS) is 25.2. The molecule has 0 spiro atoms. The van der Waals surface area contributed by atoms with Crippen molar-refractivity contribution >= 4 is 5.97 Å². The Bertz CT molecular complexity index is 386. The minimum Gasteiger partial charge on any atom is -0.481 e. The minimum atomic E-state index is -0.717. The maximum absolute atomic E-state index is 10.8. The van der Waals surface area contributed by atoms with Crippen molar-refractivity contribution in [1.82, 2.24) is 10.1 Å². The summed E-state index contributed by atoms with van der Waals surface area (Å²) in [5, 5.41) is 12.8. The molecule has 1 aromatic rings. The van der Waals surface area contributed by atoms with Gasteiger partial charge in [0.1, 0.15) is 0 Å². The molecule has 0 bridgehead atoms. The van der Waals surface area contributed by atoms with Gasteiger partial charge < -0.3 is 9.63 Å². The predicted octanol–water partition coefficient (Wildman–Crippen LogP) is 2.16. The van der Waals surface area contributed by atoms with Crippen molar-refractivity contribution in [2.75, 3.05) is 0 Å². The average molecular weight is 224 g/mol. The van der Waals surface area contributed by atoms with Gasteiger partial charge in [0.25, 0.3) is 0 Å². The zero-order valence-corrected chi connectivity index (χ0v) is 9.51. The van der Waals surface area contributed by atoms with Crippen LogP contribution in [0.25, 0.3) is 0 Å². The van der Waals surface area contributed by atoms with Crippen molar-refractivity contribution in [2.45, 2.75) is 44.9 Å². The fourth-order valence-electron chi connectivity index (χ4n) is 2.08. The van der Waals surface area contributed by atoms with Crippen molar-refractivity contribution in [3.8, 4) is 0 Å². The highest BCUT2D eigenvalue weighted by atomic mass is 16.5. The Kier molecular flexibility index (Phi) is 2.94. The van der Waals surface area contributed by atoms with Crippen molar-refractivity contribution < 1.29 is 14.4 Å². The monoisotopic (exact) mass is 224 g/mol. The SMILES string of the molecule is CC(C)c1noc(C2CCC(C(=O)O)C2)n1. The molecule has 2 atom stereocenters. The highest BCUT2D eigenvalue weighted by molar-refractivity contribution is 5.70. The highest BCUT2D eigenvalue weighted by Crippen LogP contribution is 2.37. The van der Waals surface area contributed by atoms with E-state index >= 15 is 0 Å². The van der Waals surface area contributed by atoms with Crippen LogP contribution in [0.1, 0.15) is 56.7 Å². The van der Waals surface area contributed by atoms with E-state index in [1.807, 2.05) is 13.8 Å². The molecule has 1 aliphatic carbocycles. The Balaban J connectivity index is 2.06. The summed E-state index contributed by atoms with van der Waals surface area (Å²) in [4.78, 5) is 15.1. The summed E-state index contributed by atoms with van der Waals surface area (Å²) in [7, 11) is 0. The van der Waals surface area contributed by atoms with E-state index in [1.54, 1.807) is 0 Å². The van der Waals surface area contributed by atoms with Gasteiger partial charge in [-0.05, 0) is 19.3 Å². The highest BCUT2D eigenvalue weighted by Gasteiger charge is 2.33. The second-order valence-corrected chi connectivity index (χ2v) is 4.69. The number of carbonyl (C=O) groups is 1. The van der Waals surface area contributed by atoms with Crippen LogP contribution in [-0.4, -0.2) is 21.2 Å². The third-order valence-electron chi connectivity index (χ3n) is 3.10. The molecule has 1 saturated carbocycles. The fourth-order valence-corrected chi connectivity index (χ4v) is 2.08. The van der Waals surface area contributed by atoms with E-state index in [0.29, 0.717) is 24.6 Å². The first-order chi connectivity index (χ1) is 7.58. The standard InChI is InChI=1S/C11H16N2O3/c1-6(2)9-12-10(16-13-9)7-3-4-8(5-7)11(14)15/h6-8H,3-5H2,1-2H3,(H,14,15). The molecule has 1 N–H and O–H groups in total. The molecule has 0 aliphatic heterocycles. The van der Waals surface area contributed by atoms with Crippen molar-refractivity contribution in [2.24, 2.45) is 5.92 Å². The number of aliphatic carboxylic acids is 1. The maximum Gasteiger partial charge on any atom is 0.306 e. The quantitative estimate of drug-likeness (QED) is 0.851. The third-order valence-corrected chi connectivity index (χ3v) is 3.10. The molecule has 5 nitrogen and oxygen atoms in total. The molecule has 2 rings (SSSR count). The molecule has 0 saturated heterocycles. The first kappa shape index (κ1) is 11.1. The summed E-state index contributed by atoms with van der Waals surface area (Å²) in [6, 6.07) is 0. The molecular formula is C11H16N2O3. The number of nitrogens with zero attached hydrogens (tertiary/aromatic N) is 2. The molecule has 1 aliphatic rings. The minimum absolute atomic E-state index is 0.126. The molecule has 0 amide bonds. The molecule has 1 heterocycles. The molecule has 0 aromatic carbocycles. The Labute approximate surface area is 93.9 Å². The second-order valence-electron chi connectivity index (χ2n) is 4.69. The lowest BCUT2D eigenvalue weighted by molar-refractivity contribution is -0.141. The topological polar surface area (TPSA) is 76.2 Å². The number of hydrogen-bond acceptors (Lipinski definition) is 4. The maximum atomic E-state index is 10.8. The smallest absolute Gasteiger partial charge is 0.306 e. The van der Waals surface area contributed by atoms with Gasteiger partial charge in [0.15, 0.2) is 5.82 Å². The molecule has 5 heteroatoms. The number of carboxylic acids is 1. The van der Waals surface area contributed by atoms with Gasteiger partial charge in [-0.15, -0.1) is 0 Å². The molecule has 2 unspecified atom stereocenters. The van der Waals surface area contributed by atoms with Crippen molar-refractivity contribution in [3.05, 3.63) is 11.7 Å². The number of hydrogen-bond donors (Lipinski definition) is 1. The van der Waals surface area contributed by atoms with E-state index in [0.717, 1.165) is 6.42 Å². The number of aromatic nitrogens is 2. The van der Waals surface area contributed by atoms with E-state index in [9.17, 15) is 4.79 Å². The van der Waals surface area contributed by atoms with Crippen LogP contribution in [-0.2, 0) is 4.79 Å². The summed E-state index contributed by atoms with van der Waals surface area (Å²) in [5.41, 5.74) is 0. The van der Waals surface area contributed by atoms with Crippen molar-refractivity contribution in [3.63, 3.8) is 0 Å². The van der Waals surface area contributed by atoms with Gasteiger partial charge in [-0.25, -0.2) is 0 Å². The average Bonchev–Trinajstić information content (AvgIpc) is 2.86. The van der Waals surface area contributed by atoms with E-state index in [-0.39, 0.29) is 17.8 Å². The lowest BCUT2D eigenvalue weighted by Crippen LogP contribution is -2.09. The third kappa shape index (κ3) is 2.08. The summed E-state index contributed by atoms with van der Waals surface area (Å²) >= 11 is 0. The molecule has 16 heavy (non-hydrogen) atoms. The van der Waals surface area contributed by atoms with Crippen LogP contribution < -0.4 is 0 Å². The summed E-state index contributed by atoms with van der Waals surface area (Å²) in [6.07, 6.45) is 2.16. The summed E-state index contributed by atoms with van der Waals surface area (Å²) in [6.45, 7) is 4.01. The summed E-state index contributed by atoms with van der Waals surface area (Å²) in [5.74, 6) is 0.710. The van der Waals surface area contributed by atoms with Gasteiger partial charge in [-0.1, -0.05) is 19.0 Å². The molecule has 1 fully saturated rings.